The summed E-state index contributed by atoms with van der Waals surface area (Å²) in [5.74, 6) is 0.840. The summed E-state index contributed by atoms with van der Waals surface area (Å²) in [6.45, 7) is 0.590. The van der Waals surface area contributed by atoms with Gasteiger partial charge in [-0.05, 0) is 29.8 Å². The van der Waals surface area contributed by atoms with E-state index in [0.29, 0.717) is 23.6 Å². The van der Waals surface area contributed by atoms with E-state index in [4.69, 9.17) is 10.2 Å². The first kappa shape index (κ1) is 13.8. The van der Waals surface area contributed by atoms with Crippen molar-refractivity contribution in [1.29, 1.82) is 0 Å². The van der Waals surface area contributed by atoms with Crippen molar-refractivity contribution >= 4 is 27.9 Å². The number of rotatable bonds is 3. The fourth-order valence-electron chi connectivity index (χ4n) is 3.14. The van der Waals surface area contributed by atoms with Crippen molar-refractivity contribution in [2.75, 3.05) is 5.73 Å². The second-order valence-electron chi connectivity index (χ2n) is 5.80. The van der Waals surface area contributed by atoms with Crippen LogP contribution in [0, 0.1) is 0 Å². The number of hydrogen-bond acceptors (Lipinski definition) is 5. The molecule has 3 N–H and O–H groups in total. The molecule has 7 heteroatoms. The van der Waals surface area contributed by atoms with Crippen molar-refractivity contribution in [3.8, 4) is 11.5 Å². The predicted octanol–water partition coefficient (Wildman–Crippen LogP) is 3.20. The number of benzene rings is 1. The lowest BCUT2D eigenvalue weighted by atomic mass is 10.1. The lowest BCUT2D eigenvalue weighted by Gasteiger charge is -2.06. The average molecular weight is 330 g/mol. The zero-order valence-electron chi connectivity index (χ0n) is 13.2. The first-order chi connectivity index (χ1) is 12.3. The highest BCUT2D eigenvalue weighted by molar-refractivity contribution is 5.89. The highest BCUT2D eigenvalue weighted by atomic mass is 16.3. The SMILES string of the molecule is Nc1nc(-c2ccco2)c2cnn(Cc3cccc4[nH]ccc34)c2n1. The Balaban J connectivity index is 1.67. The van der Waals surface area contributed by atoms with E-state index in [-0.39, 0.29) is 5.95 Å². The second kappa shape index (κ2) is 5.20. The number of nitrogens with zero attached hydrogens (tertiary/aromatic N) is 4. The minimum absolute atomic E-state index is 0.195. The molecule has 4 aromatic heterocycles. The molecule has 0 fully saturated rings. The third-order valence-corrected chi connectivity index (χ3v) is 4.27. The van der Waals surface area contributed by atoms with E-state index in [9.17, 15) is 0 Å². The summed E-state index contributed by atoms with van der Waals surface area (Å²) in [6.07, 6.45) is 5.30. The van der Waals surface area contributed by atoms with Crippen molar-refractivity contribution in [3.05, 3.63) is 60.6 Å². The second-order valence-corrected chi connectivity index (χ2v) is 5.80. The van der Waals surface area contributed by atoms with Crippen LogP contribution in [0.4, 0.5) is 5.95 Å². The number of fused-ring (bicyclic) bond motifs is 2. The Labute approximate surface area is 142 Å². The van der Waals surface area contributed by atoms with Crippen molar-refractivity contribution < 1.29 is 4.42 Å². The largest absolute Gasteiger partial charge is 0.463 e. The normalized spacial score (nSPS) is 11.5. The third kappa shape index (κ3) is 2.17. The number of furan rings is 1. The maximum Gasteiger partial charge on any atom is 0.222 e. The summed E-state index contributed by atoms with van der Waals surface area (Å²) >= 11 is 0. The summed E-state index contributed by atoms with van der Waals surface area (Å²) in [5.41, 5.74) is 9.50. The van der Waals surface area contributed by atoms with Crippen LogP contribution in [0.3, 0.4) is 0 Å². The van der Waals surface area contributed by atoms with Gasteiger partial charge in [-0.15, -0.1) is 0 Å². The average Bonchev–Trinajstić information content (AvgIpc) is 3.35. The number of H-pyrrole nitrogens is 1. The van der Waals surface area contributed by atoms with E-state index >= 15 is 0 Å². The van der Waals surface area contributed by atoms with Gasteiger partial charge < -0.3 is 15.1 Å². The molecular formula is C18H14N6O. The molecule has 0 bridgehead atoms. The number of nitrogens with two attached hydrogens (primary N) is 1. The molecular weight excluding hydrogens is 316 g/mol. The molecule has 5 aromatic rings. The van der Waals surface area contributed by atoms with Gasteiger partial charge in [-0.25, -0.2) is 9.67 Å². The minimum atomic E-state index is 0.195. The van der Waals surface area contributed by atoms with Gasteiger partial charge in [0, 0.05) is 17.1 Å². The van der Waals surface area contributed by atoms with Gasteiger partial charge in [-0.3, -0.25) is 0 Å². The van der Waals surface area contributed by atoms with Crippen LogP contribution in [0.1, 0.15) is 5.56 Å². The minimum Gasteiger partial charge on any atom is -0.463 e. The standard InChI is InChI=1S/C18H14N6O/c19-18-22-16(15-5-2-8-25-15)13-9-21-24(17(13)23-18)10-11-3-1-4-14-12(11)6-7-20-14/h1-9,20H,10H2,(H2,19,22,23). The summed E-state index contributed by atoms with van der Waals surface area (Å²) in [7, 11) is 0. The van der Waals surface area contributed by atoms with Crippen LogP contribution in [0.2, 0.25) is 0 Å². The van der Waals surface area contributed by atoms with Crippen LogP contribution < -0.4 is 5.73 Å². The maximum absolute atomic E-state index is 5.92. The van der Waals surface area contributed by atoms with Crippen LogP contribution >= 0.6 is 0 Å². The molecule has 0 amide bonds. The fourth-order valence-corrected chi connectivity index (χ4v) is 3.14. The first-order valence-corrected chi connectivity index (χ1v) is 7.87. The topological polar surface area (TPSA) is 98.5 Å². The van der Waals surface area contributed by atoms with Gasteiger partial charge in [0.25, 0.3) is 0 Å². The van der Waals surface area contributed by atoms with E-state index in [1.54, 1.807) is 12.5 Å². The smallest absolute Gasteiger partial charge is 0.222 e. The first-order valence-electron chi connectivity index (χ1n) is 7.87. The number of anilines is 1. The molecule has 0 aliphatic carbocycles. The number of nitrogens with one attached hydrogen (secondary N) is 1. The van der Waals surface area contributed by atoms with Crippen molar-refractivity contribution in [3.63, 3.8) is 0 Å². The molecule has 0 saturated carbocycles. The van der Waals surface area contributed by atoms with E-state index in [1.165, 1.54) is 5.39 Å². The lowest BCUT2D eigenvalue weighted by Crippen LogP contribution is -2.05. The van der Waals surface area contributed by atoms with Crippen LogP contribution in [0.15, 0.2) is 59.5 Å². The quantitative estimate of drug-likeness (QED) is 0.529. The van der Waals surface area contributed by atoms with E-state index in [0.717, 1.165) is 16.5 Å². The number of hydrogen-bond donors (Lipinski definition) is 2. The van der Waals surface area contributed by atoms with Crippen LogP contribution in [-0.2, 0) is 6.54 Å². The Morgan fingerprint density at radius 3 is 2.92 bits per heavy atom. The third-order valence-electron chi connectivity index (χ3n) is 4.27. The molecule has 0 aliphatic rings. The zero-order valence-corrected chi connectivity index (χ0v) is 13.2. The van der Waals surface area contributed by atoms with Gasteiger partial charge >= 0.3 is 0 Å². The van der Waals surface area contributed by atoms with Gasteiger partial charge in [0.05, 0.1) is 24.4 Å². The molecule has 0 atom stereocenters. The van der Waals surface area contributed by atoms with Gasteiger partial charge in [0.15, 0.2) is 11.4 Å². The van der Waals surface area contributed by atoms with Crippen molar-refractivity contribution in [1.82, 2.24) is 24.7 Å². The molecule has 0 unspecified atom stereocenters. The van der Waals surface area contributed by atoms with Gasteiger partial charge in [-0.2, -0.15) is 10.1 Å². The maximum atomic E-state index is 5.92. The van der Waals surface area contributed by atoms with Gasteiger partial charge in [-0.1, -0.05) is 12.1 Å². The number of nitrogen functional groups attached to an aromatic ring is 1. The Bertz CT molecular complexity index is 1190. The number of aromatic amines is 1. The zero-order chi connectivity index (χ0) is 16.8. The summed E-state index contributed by atoms with van der Waals surface area (Å²) < 4.78 is 7.31. The molecule has 4 heterocycles. The van der Waals surface area contributed by atoms with E-state index in [1.807, 2.05) is 29.1 Å². The van der Waals surface area contributed by atoms with E-state index < -0.39 is 0 Å². The molecule has 0 spiro atoms. The fraction of sp³-hybridized carbons (Fsp3) is 0.0556. The summed E-state index contributed by atoms with van der Waals surface area (Å²) in [5, 5.41) is 6.48. The molecule has 25 heavy (non-hydrogen) atoms. The molecule has 5 rings (SSSR count). The molecule has 7 nitrogen and oxygen atoms in total. The highest BCUT2D eigenvalue weighted by Gasteiger charge is 2.16. The molecule has 1 aromatic carbocycles. The predicted molar refractivity (Wildman–Crippen MR) is 94.8 cm³/mol. The summed E-state index contributed by atoms with van der Waals surface area (Å²) in [6, 6.07) is 11.9. The Morgan fingerprint density at radius 1 is 1.08 bits per heavy atom. The Morgan fingerprint density at radius 2 is 2.04 bits per heavy atom. The van der Waals surface area contributed by atoms with Crippen LogP contribution in [0.25, 0.3) is 33.4 Å². The summed E-state index contributed by atoms with van der Waals surface area (Å²) in [4.78, 5) is 11.9. The number of aromatic nitrogens is 5. The lowest BCUT2D eigenvalue weighted by molar-refractivity contribution is 0.580. The van der Waals surface area contributed by atoms with Gasteiger partial charge in [0.2, 0.25) is 5.95 Å². The molecule has 0 aliphatic heterocycles. The van der Waals surface area contributed by atoms with Crippen LogP contribution in [0.5, 0.6) is 0 Å². The monoisotopic (exact) mass is 330 g/mol. The molecule has 0 saturated heterocycles. The van der Waals surface area contributed by atoms with Crippen LogP contribution in [-0.4, -0.2) is 24.7 Å². The van der Waals surface area contributed by atoms with E-state index in [2.05, 4.69) is 38.2 Å². The Hall–Kier alpha value is -3.61. The van der Waals surface area contributed by atoms with Crippen molar-refractivity contribution in [2.45, 2.75) is 6.54 Å². The highest BCUT2D eigenvalue weighted by Crippen LogP contribution is 2.28. The molecule has 122 valence electrons. The van der Waals surface area contributed by atoms with Gasteiger partial charge in [0.1, 0.15) is 5.69 Å². The van der Waals surface area contributed by atoms with Crippen molar-refractivity contribution in [2.24, 2.45) is 0 Å². The molecule has 0 radical (unpaired) electrons. The Kier molecular flexibility index (Phi) is 2.87.